The fourth-order valence-electron chi connectivity index (χ4n) is 1.30. The summed E-state index contributed by atoms with van der Waals surface area (Å²) in [7, 11) is 1.71. The third-order valence-corrected chi connectivity index (χ3v) is 3.19. The highest BCUT2D eigenvalue weighted by molar-refractivity contribution is 7.12. The highest BCUT2D eigenvalue weighted by Crippen LogP contribution is 2.15. The molecule has 1 rings (SSSR count). The third-order valence-electron chi connectivity index (χ3n) is 2.20. The fraction of sp³-hybridized carbons (Fsp3) is 0.545. The number of nitrogens with one attached hydrogen (secondary N) is 1. The van der Waals surface area contributed by atoms with Gasteiger partial charge in [0.25, 0.3) is 0 Å². The Balaban J connectivity index is 2.38. The van der Waals surface area contributed by atoms with Crippen molar-refractivity contribution in [3.63, 3.8) is 0 Å². The number of hydrogen-bond donors (Lipinski definition) is 1. The van der Waals surface area contributed by atoms with Crippen molar-refractivity contribution in [2.75, 3.05) is 13.7 Å². The second-order valence-electron chi connectivity index (χ2n) is 3.32. The minimum atomic E-state index is 0.391. The van der Waals surface area contributed by atoms with E-state index in [1.807, 2.05) is 12.1 Å². The van der Waals surface area contributed by atoms with Crippen molar-refractivity contribution < 1.29 is 4.74 Å². The maximum atomic E-state index is 8.68. The third kappa shape index (κ3) is 4.00. The molecule has 0 aliphatic rings. The van der Waals surface area contributed by atoms with Crippen molar-refractivity contribution in [1.29, 1.82) is 5.26 Å². The van der Waals surface area contributed by atoms with E-state index in [0.29, 0.717) is 6.04 Å². The van der Waals surface area contributed by atoms with Gasteiger partial charge in [-0.25, -0.2) is 0 Å². The van der Waals surface area contributed by atoms with Crippen LogP contribution in [0.4, 0.5) is 0 Å². The van der Waals surface area contributed by atoms with Crippen LogP contribution in [0.2, 0.25) is 0 Å². The number of rotatable bonds is 6. The van der Waals surface area contributed by atoms with Gasteiger partial charge in [-0.15, -0.1) is 11.3 Å². The van der Waals surface area contributed by atoms with Gasteiger partial charge in [-0.2, -0.15) is 5.26 Å². The number of nitrogens with zero attached hydrogens (tertiary/aromatic N) is 1. The molecule has 15 heavy (non-hydrogen) atoms. The van der Waals surface area contributed by atoms with Crippen molar-refractivity contribution in [2.45, 2.75) is 25.9 Å². The van der Waals surface area contributed by atoms with E-state index >= 15 is 0 Å². The number of methoxy groups -OCH3 is 1. The molecule has 0 aliphatic heterocycles. The van der Waals surface area contributed by atoms with Crippen molar-refractivity contribution in [1.82, 2.24) is 5.32 Å². The van der Waals surface area contributed by atoms with Crippen LogP contribution in [0.25, 0.3) is 0 Å². The van der Waals surface area contributed by atoms with Crippen LogP contribution in [0, 0.1) is 11.3 Å². The maximum Gasteiger partial charge on any atom is 0.110 e. The molecule has 1 N–H and O–H groups in total. The van der Waals surface area contributed by atoms with Crippen LogP contribution in [-0.2, 0) is 11.3 Å². The van der Waals surface area contributed by atoms with Crippen LogP contribution in [0.5, 0.6) is 0 Å². The Morgan fingerprint density at radius 3 is 2.93 bits per heavy atom. The highest BCUT2D eigenvalue weighted by Gasteiger charge is 2.05. The first kappa shape index (κ1) is 12.2. The van der Waals surface area contributed by atoms with Crippen molar-refractivity contribution >= 4 is 11.3 Å². The van der Waals surface area contributed by atoms with E-state index < -0.39 is 0 Å². The Morgan fingerprint density at radius 1 is 1.60 bits per heavy atom. The number of ether oxygens (including phenoxy) is 1. The number of thiophene rings is 1. The van der Waals surface area contributed by atoms with Gasteiger partial charge in [-0.05, 0) is 18.6 Å². The topological polar surface area (TPSA) is 45.0 Å². The van der Waals surface area contributed by atoms with Crippen LogP contribution in [-0.4, -0.2) is 19.8 Å². The summed E-state index contributed by atoms with van der Waals surface area (Å²) in [6.45, 7) is 3.67. The molecule has 0 saturated heterocycles. The van der Waals surface area contributed by atoms with Crippen LogP contribution in [0.15, 0.2) is 12.1 Å². The quantitative estimate of drug-likeness (QED) is 0.805. The molecule has 0 amide bonds. The molecule has 4 heteroatoms. The lowest BCUT2D eigenvalue weighted by molar-refractivity contribution is 0.164. The molecule has 82 valence electrons. The molecule has 1 atom stereocenters. The van der Waals surface area contributed by atoms with Gasteiger partial charge in [0, 0.05) is 24.6 Å². The molecule has 1 heterocycles. The largest absolute Gasteiger partial charge is 0.383 e. The average molecular weight is 224 g/mol. The van der Waals surface area contributed by atoms with Gasteiger partial charge >= 0.3 is 0 Å². The maximum absolute atomic E-state index is 8.68. The first-order valence-corrected chi connectivity index (χ1v) is 5.83. The zero-order chi connectivity index (χ0) is 11.1. The fourth-order valence-corrected chi connectivity index (χ4v) is 2.06. The predicted molar refractivity (Wildman–Crippen MR) is 61.8 cm³/mol. The first-order valence-electron chi connectivity index (χ1n) is 5.01. The SMILES string of the molecule is CCC(COC)NCc1ccc(C#N)s1. The van der Waals surface area contributed by atoms with Crippen molar-refractivity contribution in [2.24, 2.45) is 0 Å². The Labute approximate surface area is 94.7 Å². The van der Waals surface area contributed by atoms with E-state index in [1.165, 1.54) is 16.2 Å². The summed E-state index contributed by atoms with van der Waals surface area (Å²) in [5.41, 5.74) is 0. The zero-order valence-electron chi connectivity index (χ0n) is 9.12. The molecule has 0 spiro atoms. The average Bonchev–Trinajstić information content (AvgIpc) is 2.72. The van der Waals surface area contributed by atoms with Gasteiger partial charge in [0.05, 0.1) is 6.61 Å². The molecule has 0 bridgehead atoms. The van der Waals surface area contributed by atoms with Crippen molar-refractivity contribution in [3.8, 4) is 6.07 Å². The minimum Gasteiger partial charge on any atom is -0.383 e. The Kier molecular flexibility index (Phi) is 5.33. The molecule has 0 aliphatic carbocycles. The molecule has 3 nitrogen and oxygen atoms in total. The summed E-state index contributed by atoms with van der Waals surface area (Å²) >= 11 is 1.54. The normalized spacial score (nSPS) is 12.3. The summed E-state index contributed by atoms with van der Waals surface area (Å²) in [5, 5.41) is 12.1. The molecule has 0 saturated carbocycles. The molecule has 1 aromatic rings. The second kappa shape index (κ2) is 6.57. The lowest BCUT2D eigenvalue weighted by Crippen LogP contribution is -2.31. The van der Waals surface area contributed by atoms with Gasteiger partial charge < -0.3 is 10.1 Å². The Hall–Kier alpha value is -0.890. The highest BCUT2D eigenvalue weighted by atomic mass is 32.1. The van der Waals surface area contributed by atoms with Crippen LogP contribution >= 0.6 is 11.3 Å². The second-order valence-corrected chi connectivity index (χ2v) is 4.49. The lowest BCUT2D eigenvalue weighted by atomic mass is 10.2. The molecular formula is C11H16N2OS. The van der Waals surface area contributed by atoms with E-state index in [1.54, 1.807) is 7.11 Å². The molecule has 0 fully saturated rings. The van der Waals surface area contributed by atoms with Crippen LogP contribution < -0.4 is 5.32 Å². The number of nitriles is 1. The predicted octanol–water partition coefficient (Wildman–Crippen LogP) is 2.13. The lowest BCUT2D eigenvalue weighted by Gasteiger charge is -2.14. The summed E-state index contributed by atoms with van der Waals surface area (Å²) in [6, 6.07) is 6.39. The van der Waals surface area contributed by atoms with Gasteiger partial charge in [0.15, 0.2) is 0 Å². The van der Waals surface area contributed by atoms with Crippen LogP contribution in [0.1, 0.15) is 23.1 Å². The standard InChI is InChI=1S/C11H16N2OS/c1-3-9(8-14-2)13-7-11-5-4-10(6-12)15-11/h4-5,9,13H,3,7-8H2,1-2H3. The van der Waals surface area contributed by atoms with Gasteiger partial charge in [0.2, 0.25) is 0 Å². The summed E-state index contributed by atoms with van der Waals surface area (Å²) in [5.74, 6) is 0. The van der Waals surface area contributed by atoms with Gasteiger partial charge in [0.1, 0.15) is 10.9 Å². The molecular weight excluding hydrogens is 208 g/mol. The van der Waals surface area contributed by atoms with E-state index in [4.69, 9.17) is 10.00 Å². The smallest absolute Gasteiger partial charge is 0.110 e. The van der Waals surface area contributed by atoms with E-state index in [-0.39, 0.29) is 0 Å². The molecule has 1 unspecified atom stereocenters. The molecule has 0 aromatic carbocycles. The Morgan fingerprint density at radius 2 is 2.40 bits per heavy atom. The van der Waals surface area contributed by atoms with Gasteiger partial charge in [-0.1, -0.05) is 6.92 Å². The summed E-state index contributed by atoms with van der Waals surface area (Å²) in [6.07, 6.45) is 1.05. The Bertz CT molecular complexity index is 330. The number of hydrogen-bond acceptors (Lipinski definition) is 4. The summed E-state index contributed by atoms with van der Waals surface area (Å²) in [4.78, 5) is 1.97. The van der Waals surface area contributed by atoms with Crippen molar-refractivity contribution in [3.05, 3.63) is 21.9 Å². The van der Waals surface area contributed by atoms with E-state index in [2.05, 4.69) is 18.3 Å². The van der Waals surface area contributed by atoms with E-state index in [9.17, 15) is 0 Å². The molecule has 1 aromatic heterocycles. The van der Waals surface area contributed by atoms with Crippen LogP contribution in [0.3, 0.4) is 0 Å². The molecule has 0 radical (unpaired) electrons. The monoisotopic (exact) mass is 224 g/mol. The summed E-state index contributed by atoms with van der Waals surface area (Å²) < 4.78 is 5.10. The zero-order valence-corrected chi connectivity index (χ0v) is 9.93. The first-order chi connectivity index (χ1) is 7.30. The van der Waals surface area contributed by atoms with Gasteiger partial charge in [-0.3, -0.25) is 0 Å². The minimum absolute atomic E-state index is 0.391. The van der Waals surface area contributed by atoms with E-state index in [0.717, 1.165) is 24.4 Å².